The summed E-state index contributed by atoms with van der Waals surface area (Å²) in [5, 5.41) is 1.20. The van der Waals surface area contributed by atoms with E-state index in [1.54, 1.807) is 45.0 Å². The van der Waals surface area contributed by atoms with E-state index in [1.807, 2.05) is 0 Å². The lowest BCUT2D eigenvalue weighted by Gasteiger charge is -2.29. The number of benzene rings is 1. The van der Waals surface area contributed by atoms with Gasteiger partial charge in [0.15, 0.2) is 12.1 Å². The molecule has 1 aromatic rings. The maximum Gasteiger partial charge on any atom is 0.422 e. The van der Waals surface area contributed by atoms with E-state index in [9.17, 15) is 14.4 Å². The zero-order valence-corrected chi connectivity index (χ0v) is 14.9. The summed E-state index contributed by atoms with van der Waals surface area (Å²) in [5.74, 6) is -1.23. The highest BCUT2D eigenvalue weighted by Crippen LogP contribution is 2.41. The van der Waals surface area contributed by atoms with Crippen LogP contribution in [0.5, 0.6) is 0 Å². The molecular formula is C17H22N2O6. The Balaban J connectivity index is 2.43. The molecule has 0 saturated heterocycles. The zero-order chi connectivity index (χ0) is 18.8. The summed E-state index contributed by atoms with van der Waals surface area (Å²) in [6, 6.07) is 4.89. The Bertz CT molecular complexity index is 639. The Morgan fingerprint density at radius 1 is 0.960 bits per heavy atom. The second-order valence-corrected chi connectivity index (χ2v) is 6.50. The Labute approximate surface area is 146 Å². The SMILES string of the molecule is COC(=O)[C@@H]1c2ccccc2[C@H](C(=O)OC)N1NC(=O)OC(C)(C)C. The van der Waals surface area contributed by atoms with Gasteiger partial charge in [0.25, 0.3) is 0 Å². The largest absolute Gasteiger partial charge is 0.468 e. The van der Waals surface area contributed by atoms with Gasteiger partial charge in [0, 0.05) is 0 Å². The number of fused-ring (bicyclic) bond motifs is 1. The predicted molar refractivity (Wildman–Crippen MR) is 87.2 cm³/mol. The second-order valence-electron chi connectivity index (χ2n) is 6.50. The van der Waals surface area contributed by atoms with Crippen LogP contribution < -0.4 is 5.43 Å². The highest BCUT2D eigenvalue weighted by Gasteiger charge is 2.48. The molecule has 1 N–H and O–H groups in total. The van der Waals surface area contributed by atoms with Crippen LogP contribution in [-0.4, -0.2) is 42.9 Å². The van der Waals surface area contributed by atoms with E-state index in [4.69, 9.17) is 14.2 Å². The molecule has 0 fully saturated rings. The van der Waals surface area contributed by atoms with Crippen molar-refractivity contribution in [3.8, 4) is 0 Å². The lowest BCUT2D eigenvalue weighted by Crippen LogP contribution is -2.49. The van der Waals surface area contributed by atoms with Crippen molar-refractivity contribution in [3.05, 3.63) is 35.4 Å². The van der Waals surface area contributed by atoms with Crippen molar-refractivity contribution < 1.29 is 28.6 Å². The first-order valence-corrected chi connectivity index (χ1v) is 7.72. The molecule has 8 nitrogen and oxygen atoms in total. The summed E-state index contributed by atoms with van der Waals surface area (Å²) in [5.41, 5.74) is 2.86. The van der Waals surface area contributed by atoms with Crippen LogP contribution >= 0.6 is 0 Å². The molecule has 0 unspecified atom stereocenters. The number of rotatable bonds is 3. The van der Waals surface area contributed by atoms with Crippen molar-refractivity contribution in [2.75, 3.05) is 14.2 Å². The van der Waals surface area contributed by atoms with Crippen LogP contribution in [0.1, 0.15) is 44.0 Å². The number of hydrazine groups is 1. The summed E-state index contributed by atoms with van der Waals surface area (Å²) in [6.45, 7) is 5.13. The second kappa shape index (κ2) is 7.10. The molecule has 25 heavy (non-hydrogen) atoms. The maximum absolute atomic E-state index is 12.3. The lowest BCUT2D eigenvalue weighted by molar-refractivity contribution is -0.155. The highest BCUT2D eigenvalue weighted by molar-refractivity contribution is 5.86. The number of carbonyl (C=O) groups is 3. The minimum Gasteiger partial charge on any atom is -0.468 e. The Kier molecular flexibility index (Phi) is 5.32. The highest BCUT2D eigenvalue weighted by atomic mass is 16.6. The van der Waals surface area contributed by atoms with E-state index in [2.05, 4.69) is 5.43 Å². The lowest BCUT2D eigenvalue weighted by atomic mass is 10.0. The van der Waals surface area contributed by atoms with Gasteiger partial charge >= 0.3 is 18.0 Å². The van der Waals surface area contributed by atoms with Crippen molar-refractivity contribution in [1.82, 2.24) is 10.4 Å². The molecular weight excluding hydrogens is 328 g/mol. The van der Waals surface area contributed by atoms with Gasteiger partial charge in [-0.2, -0.15) is 5.01 Å². The third-order valence-corrected chi connectivity index (χ3v) is 3.61. The summed E-state index contributed by atoms with van der Waals surface area (Å²) in [7, 11) is 2.48. The van der Waals surface area contributed by atoms with Crippen LogP contribution in [0.3, 0.4) is 0 Å². The molecule has 2 rings (SSSR count). The molecule has 1 aromatic carbocycles. The summed E-state index contributed by atoms with van der Waals surface area (Å²) < 4.78 is 14.9. The van der Waals surface area contributed by atoms with E-state index < -0.39 is 35.7 Å². The van der Waals surface area contributed by atoms with Gasteiger partial charge < -0.3 is 14.2 Å². The Morgan fingerprint density at radius 2 is 1.40 bits per heavy atom. The molecule has 0 spiro atoms. The van der Waals surface area contributed by atoms with Crippen LogP contribution in [0.15, 0.2) is 24.3 Å². The van der Waals surface area contributed by atoms with Crippen LogP contribution in [0.2, 0.25) is 0 Å². The van der Waals surface area contributed by atoms with Crippen LogP contribution in [0.4, 0.5) is 4.79 Å². The van der Waals surface area contributed by atoms with Crippen molar-refractivity contribution >= 4 is 18.0 Å². The standard InChI is InChI=1S/C17H22N2O6/c1-17(2,3)25-16(22)18-19-12(14(20)23-4)10-8-6-7-9-11(10)13(19)15(21)24-5/h6-9,12-13H,1-5H3,(H,18,22)/t12-,13+. The van der Waals surface area contributed by atoms with E-state index in [0.717, 1.165) is 0 Å². The van der Waals surface area contributed by atoms with Gasteiger partial charge in [-0.25, -0.2) is 14.4 Å². The molecule has 1 aliphatic rings. The summed E-state index contributed by atoms with van der Waals surface area (Å²) in [6.07, 6.45) is -0.789. The Hall–Kier alpha value is -2.61. The molecule has 2 atom stereocenters. The first-order valence-electron chi connectivity index (χ1n) is 7.72. The number of methoxy groups -OCH3 is 2. The quantitative estimate of drug-likeness (QED) is 0.657. The van der Waals surface area contributed by atoms with Crippen molar-refractivity contribution in [2.45, 2.75) is 38.5 Å². The minimum atomic E-state index is -0.988. The average Bonchev–Trinajstić information content (AvgIpc) is 2.85. The number of nitrogens with one attached hydrogen (secondary N) is 1. The van der Waals surface area contributed by atoms with Crippen molar-refractivity contribution in [2.24, 2.45) is 0 Å². The molecule has 0 saturated carbocycles. The van der Waals surface area contributed by atoms with Gasteiger partial charge in [-0.1, -0.05) is 24.3 Å². The number of hydrogen-bond acceptors (Lipinski definition) is 7. The van der Waals surface area contributed by atoms with E-state index >= 15 is 0 Å². The fourth-order valence-electron chi connectivity index (χ4n) is 2.70. The number of esters is 2. The number of nitrogens with zero attached hydrogens (tertiary/aromatic N) is 1. The maximum atomic E-state index is 12.3. The monoisotopic (exact) mass is 350 g/mol. The molecule has 136 valence electrons. The van der Waals surface area contributed by atoms with E-state index in [0.29, 0.717) is 11.1 Å². The van der Waals surface area contributed by atoms with E-state index in [-0.39, 0.29) is 0 Å². The smallest absolute Gasteiger partial charge is 0.422 e. The molecule has 0 aliphatic carbocycles. The van der Waals surface area contributed by atoms with Gasteiger partial charge in [0.05, 0.1) is 14.2 Å². The normalized spacial score (nSPS) is 19.7. The first-order chi connectivity index (χ1) is 11.7. The molecule has 1 heterocycles. The molecule has 8 heteroatoms. The predicted octanol–water partition coefficient (Wildman–Crippen LogP) is 1.87. The minimum absolute atomic E-state index is 0.556. The van der Waals surface area contributed by atoms with Crippen LogP contribution in [0.25, 0.3) is 0 Å². The number of carbonyl (C=O) groups excluding carboxylic acids is 3. The summed E-state index contributed by atoms with van der Waals surface area (Å²) in [4.78, 5) is 36.8. The molecule has 0 aromatic heterocycles. The van der Waals surface area contributed by atoms with Gasteiger partial charge in [0.1, 0.15) is 5.60 Å². The molecule has 0 bridgehead atoms. The van der Waals surface area contributed by atoms with Crippen molar-refractivity contribution in [3.63, 3.8) is 0 Å². The molecule has 0 radical (unpaired) electrons. The first kappa shape index (κ1) is 18.7. The summed E-state index contributed by atoms with van der Waals surface area (Å²) >= 11 is 0. The van der Waals surface area contributed by atoms with Gasteiger partial charge in [-0.3, -0.25) is 5.43 Å². The number of ether oxygens (including phenoxy) is 3. The van der Waals surface area contributed by atoms with Crippen molar-refractivity contribution in [1.29, 1.82) is 0 Å². The molecule has 1 amide bonds. The van der Waals surface area contributed by atoms with Gasteiger partial charge in [-0.15, -0.1) is 0 Å². The number of hydrogen-bond donors (Lipinski definition) is 1. The third kappa shape index (κ3) is 3.90. The van der Waals surface area contributed by atoms with E-state index in [1.165, 1.54) is 19.2 Å². The Morgan fingerprint density at radius 3 is 1.76 bits per heavy atom. The zero-order valence-electron chi connectivity index (χ0n) is 14.9. The van der Waals surface area contributed by atoms with Gasteiger partial charge in [-0.05, 0) is 31.9 Å². The fourth-order valence-corrected chi connectivity index (χ4v) is 2.70. The fraction of sp³-hybridized carbons (Fsp3) is 0.471. The molecule has 1 aliphatic heterocycles. The van der Waals surface area contributed by atoms with Gasteiger partial charge in [0.2, 0.25) is 0 Å². The topological polar surface area (TPSA) is 94.2 Å². The van der Waals surface area contributed by atoms with Crippen LogP contribution in [0, 0.1) is 0 Å². The van der Waals surface area contributed by atoms with Crippen LogP contribution in [-0.2, 0) is 23.8 Å². The average molecular weight is 350 g/mol. The third-order valence-electron chi connectivity index (χ3n) is 3.61. The number of amides is 1.